The van der Waals surface area contributed by atoms with E-state index in [0.29, 0.717) is 31.2 Å². The summed E-state index contributed by atoms with van der Waals surface area (Å²) in [4.78, 5) is 14.7. The lowest BCUT2D eigenvalue weighted by molar-refractivity contribution is -0.139. The number of tetrazole rings is 1. The van der Waals surface area contributed by atoms with E-state index in [1.807, 2.05) is 11.7 Å². The first kappa shape index (κ1) is 18.7. The van der Waals surface area contributed by atoms with Crippen LogP contribution in [0.4, 0.5) is 0 Å². The van der Waals surface area contributed by atoms with Crippen LogP contribution in [-0.2, 0) is 10.3 Å². The molecule has 1 N–H and O–H groups in total. The summed E-state index contributed by atoms with van der Waals surface area (Å²) in [5, 5.41) is 24.5. The molecule has 0 saturated heterocycles. The van der Waals surface area contributed by atoms with Crippen LogP contribution in [0.3, 0.4) is 0 Å². The van der Waals surface area contributed by atoms with Gasteiger partial charge in [-0.25, -0.2) is 0 Å². The zero-order chi connectivity index (χ0) is 20.1. The summed E-state index contributed by atoms with van der Waals surface area (Å²) < 4.78 is 0. The number of carbonyl (C=O) groups is 1. The fraction of sp³-hybridized carbons (Fsp3) is 0.810. The van der Waals surface area contributed by atoms with Crippen LogP contribution in [0, 0.1) is 36.5 Å². The van der Waals surface area contributed by atoms with Gasteiger partial charge in [-0.1, -0.05) is 0 Å². The molecule has 1 aromatic rings. The zero-order valence-corrected chi connectivity index (χ0v) is 17.1. The summed E-state index contributed by atoms with van der Waals surface area (Å²) in [6.07, 6.45) is 15.0. The topological polar surface area (TPSA) is 97.4 Å². The number of aryl methyl sites for hydroxylation is 1. The third-order valence-corrected chi connectivity index (χ3v) is 7.52. The minimum absolute atomic E-state index is 0.0450. The summed E-state index contributed by atoms with van der Waals surface area (Å²) in [5.41, 5.74) is -0.303. The van der Waals surface area contributed by atoms with Gasteiger partial charge >= 0.3 is 0 Å². The number of amides is 1. The molecule has 4 bridgehead atoms. The molecule has 4 aliphatic carbocycles. The van der Waals surface area contributed by atoms with Crippen LogP contribution >= 0.6 is 0 Å². The minimum Gasteiger partial charge on any atom is -0.356 e. The SMILES string of the molecule is C#CCCC1(CCNC(=O)CC23CC4CC(C2)CC(n2nnc(C)n2)(C4)C3)N=N1. The van der Waals surface area contributed by atoms with Crippen LogP contribution in [0.1, 0.15) is 70.0 Å². The standard InChI is InChI=1S/C21H29N7O/c1-3-4-5-21(25-26-21)6-7-22-18(29)13-19-9-16-8-17(10-19)12-20(11-16,14-19)28-24-15(2)23-27-28/h1,16-17H,4-14H2,2H3,(H,22,29). The van der Waals surface area contributed by atoms with Crippen molar-refractivity contribution < 1.29 is 4.79 Å². The molecule has 5 aliphatic rings. The van der Waals surface area contributed by atoms with Gasteiger partial charge in [-0.3, -0.25) is 4.79 Å². The maximum atomic E-state index is 12.8. The molecule has 2 atom stereocenters. The molecular weight excluding hydrogens is 366 g/mol. The van der Waals surface area contributed by atoms with Crippen molar-refractivity contribution in [3.63, 3.8) is 0 Å². The monoisotopic (exact) mass is 395 g/mol. The van der Waals surface area contributed by atoms with Crippen molar-refractivity contribution in [2.75, 3.05) is 6.54 Å². The van der Waals surface area contributed by atoms with Gasteiger partial charge in [0.05, 0.1) is 5.54 Å². The summed E-state index contributed by atoms with van der Waals surface area (Å²) in [6, 6.07) is 0. The maximum absolute atomic E-state index is 12.8. The predicted octanol–water partition coefficient (Wildman–Crippen LogP) is 2.75. The Balaban J connectivity index is 1.22. The predicted molar refractivity (Wildman–Crippen MR) is 106 cm³/mol. The highest BCUT2D eigenvalue weighted by Crippen LogP contribution is 2.65. The number of terminal acetylenes is 1. The quantitative estimate of drug-likeness (QED) is 0.684. The molecule has 4 fully saturated rings. The Bertz CT molecular complexity index is 862. The van der Waals surface area contributed by atoms with Crippen LogP contribution in [0.15, 0.2) is 10.2 Å². The molecule has 0 spiro atoms. The van der Waals surface area contributed by atoms with E-state index in [1.54, 1.807) is 0 Å². The molecule has 0 radical (unpaired) electrons. The summed E-state index contributed by atoms with van der Waals surface area (Å²) in [5.74, 6) is 4.86. The Morgan fingerprint density at radius 3 is 2.62 bits per heavy atom. The largest absolute Gasteiger partial charge is 0.356 e. The summed E-state index contributed by atoms with van der Waals surface area (Å²) in [7, 11) is 0. The van der Waals surface area contributed by atoms with Gasteiger partial charge in [0.1, 0.15) is 0 Å². The first-order chi connectivity index (χ1) is 13.9. The number of aromatic nitrogens is 4. The first-order valence-electron chi connectivity index (χ1n) is 10.9. The van der Waals surface area contributed by atoms with Crippen molar-refractivity contribution in [1.82, 2.24) is 25.5 Å². The molecule has 0 aromatic carbocycles. The van der Waals surface area contributed by atoms with Crippen molar-refractivity contribution in [2.24, 2.45) is 27.5 Å². The zero-order valence-electron chi connectivity index (χ0n) is 17.1. The Hall–Kier alpha value is -2.30. The number of nitrogens with one attached hydrogen (secondary N) is 1. The van der Waals surface area contributed by atoms with E-state index in [2.05, 4.69) is 36.9 Å². The Kier molecular flexibility index (Phi) is 4.27. The molecule has 1 aliphatic heterocycles. The highest BCUT2D eigenvalue weighted by atomic mass is 16.1. The molecule has 1 aromatic heterocycles. The van der Waals surface area contributed by atoms with Gasteiger partial charge < -0.3 is 5.32 Å². The summed E-state index contributed by atoms with van der Waals surface area (Å²) >= 11 is 0. The van der Waals surface area contributed by atoms with Crippen LogP contribution in [0.25, 0.3) is 0 Å². The highest BCUT2D eigenvalue weighted by Gasteiger charge is 2.60. The van der Waals surface area contributed by atoms with E-state index >= 15 is 0 Å². The fourth-order valence-corrected chi connectivity index (χ4v) is 6.80. The average Bonchev–Trinajstić information content (AvgIpc) is 3.27. The van der Waals surface area contributed by atoms with Gasteiger partial charge in [-0.2, -0.15) is 15.0 Å². The number of carbonyl (C=O) groups excluding carboxylic acids is 1. The van der Waals surface area contributed by atoms with Crippen molar-refractivity contribution >= 4 is 5.91 Å². The average molecular weight is 396 g/mol. The Morgan fingerprint density at radius 2 is 2.00 bits per heavy atom. The number of nitrogens with zero attached hydrogens (tertiary/aromatic N) is 6. The van der Waals surface area contributed by atoms with E-state index < -0.39 is 0 Å². The highest BCUT2D eigenvalue weighted by molar-refractivity contribution is 5.76. The van der Waals surface area contributed by atoms with Crippen LogP contribution in [-0.4, -0.2) is 38.3 Å². The second-order valence-corrected chi connectivity index (χ2v) is 9.97. The van der Waals surface area contributed by atoms with Crippen molar-refractivity contribution in [1.29, 1.82) is 0 Å². The Labute approximate surface area is 171 Å². The molecule has 29 heavy (non-hydrogen) atoms. The van der Waals surface area contributed by atoms with Gasteiger partial charge in [0.2, 0.25) is 5.91 Å². The molecular formula is C21H29N7O. The van der Waals surface area contributed by atoms with Crippen LogP contribution in [0.5, 0.6) is 0 Å². The van der Waals surface area contributed by atoms with Gasteiger partial charge in [-0.15, -0.1) is 22.5 Å². The third kappa shape index (κ3) is 3.45. The molecule has 2 heterocycles. The number of rotatable bonds is 8. The Morgan fingerprint density at radius 1 is 1.24 bits per heavy atom. The number of hydrogen-bond donors (Lipinski definition) is 1. The van der Waals surface area contributed by atoms with Crippen LogP contribution in [0.2, 0.25) is 0 Å². The van der Waals surface area contributed by atoms with Crippen molar-refractivity contribution in [3.05, 3.63) is 5.82 Å². The van der Waals surface area contributed by atoms with Crippen molar-refractivity contribution in [3.8, 4) is 12.3 Å². The molecule has 8 heteroatoms. The van der Waals surface area contributed by atoms with E-state index in [1.165, 1.54) is 6.42 Å². The summed E-state index contributed by atoms with van der Waals surface area (Å²) in [6.45, 7) is 2.50. The molecule has 1 amide bonds. The normalized spacial score (nSPS) is 35.4. The molecule has 8 nitrogen and oxygen atoms in total. The minimum atomic E-state index is -0.332. The van der Waals surface area contributed by atoms with E-state index in [9.17, 15) is 4.79 Å². The van der Waals surface area contributed by atoms with Gasteiger partial charge in [-0.05, 0) is 67.9 Å². The van der Waals surface area contributed by atoms with Gasteiger partial charge in [0.15, 0.2) is 11.5 Å². The maximum Gasteiger partial charge on any atom is 0.220 e. The molecule has 4 saturated carbocycles. The lowest BCUT2D eigenvalue weighted by Gasteiger charge is -2.61. The lowest BCUT2D eigenvalue weighted by atomic mass is 9.46. The lowest BCUT2D eigenvalue weighted by Crippen LogP contribution is -2.58. The molecule has 154 valence electrons. The molecule has 2 unspecified atom stereocenters. The van der Waals surface area contributed by atoms with Crippen LogP contribution < -0.4 is 5.32 Å². The first-order valence-corrected chi connectivity index (χ1v) is 10.9. The second kappa shape index (κ2) is 6.61. The smallest absolute Gasteiger partial charge is 0.220 e. The van der Waals surface area contributed by atoms with Crippen molar-refractivity contribution in [2.45, 2.75) is 82.3 Å². The third-order valence-electron chi connectivity index (χ3n) is 7.52. The molecule has 6 rings (SSSR count). The van der Waals surface area contributed by atoms with E-state index in [-0.39, 0.29) is 22.5 Å². The van der Waals surface area contributed by atoms with Gasteiger partial charge in [0, 0.05) is 32.2 Å². The van der Waals surface area contributed by atoms with E-state index in [0.717, 1.165) is 50.8 Å². The second-order valence-electron chi connectivity index (χ2n) is 9.97. The number of hydrogen-bond acceptors (Lipinski definition) is 6. The fourth-order valence-electron chi connectivity index (χ4n) is 6.80. The van der Waals surface area contributed by atoms with Gasteiger partial charge in [0.25, 0.3) is 0 Å². The van der Waals surface area contributed by atoms with E-state index in [4.69, 9.17) is 6.42 Å².